The molecule has 0 spiro atoms. The molecular formula is C14H28BN. The van der Waals surface area contributed by atoms with Gasteiger partial charge in [-0.15, -0.1) is 0 Å². The van der Waals surface area contributed by atoms with Crippen molar-refractivity contribution in [1.29, 1.82) is 0 Å². The lowest BCUT2D eigenvalue weighted by Gasteiger charge is -2.45. The average Bonchev–Trinajstić information content (AvgIpc) is 2.35. The van der Waals surface area contributed by atoms with E-state index in [9.17, 15) is 0 Å². The highest BCUT2D eigenvalue weighted by molar-refractivity contribution is 6.15. The second-order valence-electron chi connectivity index (χ2n) is 7.42. The van der Waals surface area contributed by atoms with Crippen molar-refractivity contribution in [2.75, 3.05) is 13.1 Å². The molecule has 2 heteroatoms. The predicted octanol–water partition coefficient (Wildman–Crippen LogP) is 2.62. The molecule has 0 aromatic heterocycles. The molecule has 1 aliphatic carbocycles. The van der Waals surface area contributed by atoms with Gasteiger partial charge in [-0.1, -0.05) is 45.3 Å². The van der Waals surface area contributed by atoms with Crippen molar-refractivity contribution in [1.82, 2.24) is 5.32 Å². The van der Waals surface area contributed by atoms with Crippen LogP contribution >= 0.6 is 0 Å². The first-order chi connectivity index (χ1) is 7.42. The molecule has 0 amide bonds. The zero-order valence-corrected chi connectivity index (χ0v) is 11.6. The Morgan fingerprint density at radius 2 is 1.94 bits per heavy atom. The van der Waals surface area contributed by atoms with Crippen LogP contribution in [0.3, 0.4) is 0 Å². The molecule has 3 unspecified atom stereocenters. The maximum absolute atomic E-state index is 3.58. The third-order valence-corrected chi connectivity index (χ3v) is 5.59. The molecule has 16 heavy (non-hydrogen) atoms. The van der Waals surface area contributed by atoms with E-state index >= 15 is 0 Å². The third-order valence-electron chi connectivity index (χ3n) is 5.59. The lowest BCUT2D eigenvalue weighted by atomic mass is 9.49. The van der Waals surface area contributed by atoms with Crippen LogP contribution in [0.25, 0.3) is 0 Å². The lowest BCUT2D eigenvalue weighted by Crippen LogP contribution is -2.38. The quantitative estimate of drug-likeness (QED) is 0.620. The minimum Gasteiger partial charge on any atom is -0.316 e. The van der Waals surface area contributed by atoms with Gasteiger partial charge in [0.2, 0.25) is 0 Å². The Labute approximate surface area is 102 Å². The number of rotatable bonds is 0. The summed E-state index contributed by atoms with van der Waals surface area (Å²) in [4.78, 5) is 0. The van der Waals surface area contributed by atoms with Crippen LogP contribution in [0.1, 0.15) is 52.9 Å². The molecule has 0 aromatic carbocycles. The highest BCUT2D eigenvalue weighted by Crippen LogP contribution is 2.55. The van der Waals surface area contributed by atoms with E-state index in [-0.39, 0.29) is 0 Å². The molecule has 2 rings (SSSR count). The summed E-state index contributed by atoms with van der Waals surface area (Å²) in [5, 5.41) is 4.14. The summed E-state index contributed by atoms with van der Waals surface area (Å²) in [7, 11) is 2.54. The van der Waals surface area contributed by atoms with E-state index in [4.69, 9.17) is 0 Å². The van der Waals surface area contributed by atoms with Gasteiger partial charge >= 0.3 is 0 Å². The molecule has 1 N–H and O–H groups in total. The molecular weight excluding hydrogens is 193 g/mol. The summed E-state index contributed by atoms with van der Waals surface area (Å²) < 4.78 is 0. The molecule has 0 radical (unpaired) electrons. The number of hydrogen-bond acceptors (Lipinski definition) is 1. The molecule has 0 aromatic rings. The summed E-state index contributed by atoms with van der Waals surface area (Å²) >= 11 is 0. The van der Waals surface area contributed by atoms with Crippen molar-refractivity contribution in [3.63, 3.8) is 0 Å². The molecule has 1 saturated carbocycles. The van der Waals surface area contributed by atoms with Gasteiger partial charge in [0.15, 0.2) is 0 Å². The standard InChI is InChI=1S/C14H28BN/c1-13(2,3)14(15)7-4-5-12-10-16-8-6-11(12)9-14/h11-12,16H,4-10,15H2,1-3H3. The van der Waals surface area contributed by atoms with Crippen LogP contribution in [0, 0.1) is 17.3 Å². The first kappa shape index (κ1) is 12.5. The summed E-state index contributed by atoms with van der Waals surface area (Å²) in [5.41, 5.74) is 0.465. The van der Waals surface area contributed by atoms with Crippen molar-refractivity contribution in [2.45, 2.75) is 58.2 Å². The van der Waals surface area contributed by atoms with Gasteiger partial charge in [0.05, 0.1) is 0 Å². The molecule has 1 saturated heterocycles. The first-order valence-electron chi connectivity index (χ1n) is 7.13. The fourth-order valence-corrected chi connectivity index (χ4v) is 3.70. The Bertz CT molecular complexity index is 246. The smallest absolute Gasteiger partial charge is 0.110 e. The molecule has 92 valence electrons. The minimum absolute atomic E-state index is 0.465. The Kier molecular flexibility index (Phi) is 3.40. The number of hydrogen-bond donors (Lipinski definition) is 1. The fourth-order valence-electron chi connectivity index (χ4n) is 3.70. The third kappa shape index (κ3) is 2.32. The van der Waals surface area contributed by atoms with Crippen LogP contribution in [0.2, 0.25) is 5.31 Å². The fraction of sp³-hybridized carbons (Fsp3) is 1.00. The largest absolute Gasteiger partial charge is 0.316 e. The van der Waals surface area contributed by atoms with Crippen molar-refractivity contribution in [3.8, 4) is 0 Å². The van der Waals surface area contributed by atoms with Crippen molar-refractivity contribution < 1.29 is 0 Å². The highest BCUT2D eigenvalue weighted by Gasteiger charge is 2.42. The van der Waals surface area contributed by atoms with Crippen LogP contribution in [-0.2, 0) is 0 Å². The van der Waals surface area contributed by atoms with Crippen molar-refractivity contribution >= 4 is 7.85 Å². The van der Waals surface area contributed by atoms with Crippen LogP contribution in [0.15, 0.2) is 0 Å². The Morgan fingerprint density at radius 1 is 1.19 bits per heavy atom. The van der Waals surface area contributed by atoms with E-state index in [2.05, 4.69) is 33.9 Å². The Hall–Kier alpha value is 0.0249. The molecule has 2 aliphatic rings. The van der Waals surface area contributed by atoms with Crippen LogP contribution in [-0.4, -0.2) is 20.9 Å². The van der Waals surface area contributed by atoms with Crippen LogP contribution < -0.4 is 5.32 Å². The molecule has 1 aliphatic heterocycles. The second-order valence-corrected chi connectivity index (χ2v) is 7.42. The first-order valence-corrected chi connectivity index (χ1v) is 7.13. The summed E-state index contributed by atoms with van der Waals surface area (Å²) in [6, 6.07) is 0. The van der Waals surface area contributed by atoms with E-state index in [1.165, 1.54) is 45.2 Å². The normalized spacial score (nSPS) is 41.2. The second kappa shape index (κ2) is 4.36. The van der Waals surface area contributed by atoms with Gasteiger partial charge in [-0.05, 0) is 43.2 Å². The molecule has 2 fully saturated rings. The van der Waals surface area contributed by atoms with Gasteiger partial charge < -0.3 is 5.32 Å². The Balaban J connectivity index is 2.13. The van der Waals surface area contributed by atoms with E-state index in [1.54, 1.807) is 0 Å². The van der Waals surface area contributed by atoms with Gasteiger partial charge in [0.1, 0.15) is 7.85 Å². The molecule has 3 atom stereocenters. The minimum atomic E-state index is 0.465. The van der Waals surface area contributed by atoms with Gasteiger partial charge in [-0.2, -0.15) is 0 Å². The van der Waals surface area contributed by atoms with Gasteiger partial charge in [-0.25, -0.2) is 0 Å². The van der Waals surface area contributed by atoms with Crippen LogP contribution in [0.4, 0.5) is 0 Å². The SMILES string of the molecule is BC1(C(C)(C)C)CCCC2CNCCC2C1. The van der Waals surface area contributed by atoms with Crippen molar-refractivity contribution in [2.24, 2.45) is 17.3 Å². The van der Waals surface area contributed by atoms with E-state index in [1.807, 2.05) is 0 Å². The van der Waals surface area contributed by atoms with E-state index in [0.717, 1.165) is 11.8 Å². The lowest BCUT2D eigenvalue weighted by molar-refractivity contribution is 0.175. The maximum Gasteiger partial charge on any atom is 0.110 e. The monoisotopic (exact) mass is 221 g/mol. The number of piperidine rings is 1. The van der Waals surface area contributed by atoms with E-state index < -0.39 is 0 Å². The number of fused-ring (bicyclic) bond motifs is 1. The van der Waals surface area contributed by atoms with Gasteiger partial charge in [0.25, 0.3) is 0 Å². The number of nitrogens with one attached hydrogen (secondary N) is 1. The Morgan fingerprint density at radius 3 is 2.62 bits per heavy atom. The van der Waals surface area contributed by atoms with Gasteiger partial charge in [0, 0.05) is 0 Å². The summed E-state index contributed by atoms with van der Waals surface area (Å²) in [6.07, 6.45) is 7.21. The topological polar surface area (TPSA) is 12.0 Å². The van der Waals surface area contributed by atoms with Crippen molar-refractivity contribution in [3.05, 3.63) is 0 Å². The molecule has 1 heterocycles. The predicted molar refractivity (Wildman–Crippen MR) is 73.6 cm³/mol. The summed E-state index contributed by atoms with van der Waals surface area (Å²) in [6.45, 7) is 9.85. The zero-order chi connectivity index (χ0) is 11.8. The highest BCUT2D eigenvalue weighted by atomic mass is 14.9. The zero-order valence-electron chi connectivity index (χ0n) is 11.6. The average molecular weight is 221 g/mol. The molecule has 1 nitrogen and oxygen atoms in total. The van der Waals surface area contributed by atoms with Gasteiger partial charge in [-0.3, -0.25) is 0 Å². The van der Waals surface area contributed by atoms with E-state index in [0.29, 0.717) is 10.7 Å². The van der Waals surface area contributed by atoms with Crippen LogP contribution in [0.5, 0.6) is 0 Å². The summed E-state index contributed by atoms with van der Waals surface area (Å²) in [5.74, 6) is 1.96. The molecule has 0 bridgehead atoms. The maximum atomic E-state index is 3.58.